The largest absolute Gasteiger partial charge is 0.357 e. The maximum atomic E-state index is 11.6. The number of rotatable bonds is 4. The average molecular weight is 221 g/mol. The summed E-state index contributed by atoms with van der Waals surface area (Å²) in [6.45, 7) is -0.139. The van der Waals surface area contributed by atoms with E-state index in [0.29, 0.717) is 0 Å². The van der Waals surface area contributed by atoms with Crippen LogP contribution in [0.25, 0.3) is 0 Å². The Labute approximate surface area is 94.0 Å². The van der Waals surface area contributed by atoms with Gasteiger partial charge >= 0.3 is 0 Å². The minimum absolute atomic E-state index is 0.139. The van der Waals surface area contributed by atoms with E-state index in [4.69, 9.17) is 5.73 Å². The summed E-state index contributed by atoms with van der Waals surface area (Å²) in [5, 5.41) is 5.06. The Balaban J connectivity index is 2.88. The lowest BCUT2D eigenvalue weighted by Gasteiger charge is -2.17. The smallest absolute Gasteiger partial charge is 0.246 e. The number of amides is 2. The van der Waals surface area contributed by atoms with Crippen LogP contribution in [0.5, 0.6) is 0 Å². The van der Waals surface area contributed by atoms with Crippen LogP contribution in [0.3, 0.4) is 0 Å². The highest BCUT2D eigenvalue weighted by molar-refractivity contribution is 5.89. The van der Waals surface area contributed by atoms with Crippen LogP contribution < -0.4 is 16.4 Å². The summed E-state index contributed by atoms with van der Waals surface area (Å²) in [5.74, 6) is -0.634. The van der Waals surface area contributed by atoms with Crippen LogP contribution in [-0.4, -0.2) is 25.4 Å². The molecule has 0 bridgehead atoms. The van der Waals surface area contributed by atoms with Crippen molar-refractivity contribution in [2.24, 2.45) is 5.73 Å². The Bertz CT molecular complexity index is 365. The molecule has 0 aliphatic carbocycles. The van der Waals surface area contributed by atoms with Crippen LogP contribution in [0.2, 0.25) is 0 Å². The second kappa shape index (κ2) is 5.87. The van der Waals surface area contributed by atoms with Crippen LogP contribution in [0.15, 0.2) is 30.3 Å². The fourth-order valence-electron chi connectivity index (χ4n) is 1.31. The summed E-state index contributed by atoms with van der Waals surface area (Å²) in [6.07, 6.45) is 0. The molecule has 0 heterocycles. The van der Waals surface area contributed by atoms with Crippen LogP contribution >= 0.6 is 0 Å². The lowest BCUT2D eigenvalue weighted by molar-refractivity contribution is -0.128. The first-order valence-electron chi connectivity index (χ1n) is 4.95. The van der Waals surface area contributed by atoms with Crippen LogP contribution in [0, 0.1) is 0 Å². The van der Waals surface area contributed by atoms with Gasteiger partial charge in [0.05, 0.1) is 6.54 Å². The van der Waals surface area contributed by atoms with E-state index in [1.165, 1.54) is 7.05 Å². The summed E-state index contributed by atoms with van der Waals surface area (Å²) in [6, 6.07) is 8.31. The lowest BCUT2D eigenvalue weighted by Crippen LogP contribution is -2.41. The molecule has 5 heteroatoms. The molecule has 0 aromatic heterocycles. The number of carbonyl (C=O) groups excluding carboxylic acids is 2. The van der Waals surface area contributed by atoms with Crippen molar-refractivity contribution < 1.29 is 9.59 Å². The second-order valence-corrected chi connectivity index (χ2v) is 3.23. The minimum atomic E-state index is -0.692. The molecule has 0 fully saturated rings. The van der Waals surface area contributed by atoms with Crippen molar-refractivity contribution in [3.63, 3.8) is 0 Å². The molecule has 16 heavy (non-hydrogen) atoms. The molecule has 0 saturated heterocycles. The molecular formula is C11H15N3O2. The van der Waals surface area contributed by atoms with Gasteiger partial charge in [-0.2, -0.15) is 0 Å². The zero-order valence-corrected chi connectivity index (χ0v) is 9.07. The van der Waals surface area contributed by atoms with Gasteiger partial charge in [0, 0.05) is 7.05 Å². The quantitative estimate of drug-likeness (QED) is 0.643. The Morgan fingerprint density at radius 1 is 1.31 bits per heavy atom. The molecule has 0 spiro atoms. The predicted molar refractivity (Wildman–Crippen MR) is 60.4 cm³/mol. The van der Waals surface area contributed by atoms with Gasteiger partial charge in [0.15, 0.2) is 0 Å². The maximum Gasteiger partial charge on any atom is 0.246 e. The summed E-state index contributed by atoms with van der Waals surface area (Å²) in [7, 11) is 1.52. The van der Waals surface area contributed by atoms with Gasteiger partial charge in [-0.1, -0.05) is 30.3 Å². The van der Waals surface area contributed by atoms with Crippen LogP contribution in [0.4, 0.5) is 0 Å². The summed E-state index contributed by atoms with van der Waals surface area (Å²) >= 11 is 0. The van der Waals surface area contributed by atoms with Crippen molar-refractivity contribution in [2.45, 2.75) is 6.04 Å². The molecule has 86 valence electrons. The normalized spacial score (nSPS) is 11.6. The molecule has 4 N–H and O–H groups in total. The van der Waals surface area contributed by atoms with Crippen molar-refractivity contribution in [1.29, 1.82) is 0 Å². The van der Waals surface area contributed by atoms with Gasteiger partial charge in [-0.15, -0.1) is 0 Å². The monoisotopic (exact) mass is 221 g/mol. The number of likely N-dealkylation sites (N-methyl/N-ethyl adjacent to an activating group) is 1. The van der Waals surface area contributed by atoms with Gasteiger partial charge in [-0.05, 0) is 5.56 Å². The van der Waals surface area contributed by atoms with Gasteiger partial charge < -0.3 is 16.4 Å². The van der Waals surface area contributed by atoms with E-state index in [0.717, 1.165) is 5.56 Å². The van der Waals surface area contributed by atoms with Gasteiger partial charge in [-0.3, -0.25) is 9.59 Å². The second-order valence-electron chi connectivity index (χ2n) is 3.23. The molecular weight excluding hydrogens is 206 g/mol. The molecule has 1 aromatic carbocycles. The number of nitrogens with two attached hydrogens (primary N) is 1. The van der Waals surface area contributed by atoms with E-state index < -0.39 is 6.04 Å². The number of carbonyl (C=O) groups is 2. The number of nitrogens with one attached hydrogen (secondary N) is 2. The first-order chi connectivity index (χ1) is 7.69. The van der Waals surface area contributed by atoms with Crippen molar-refractivity contribution in [3.8, 4) is 0 Å². The molecule has 1 rings (SSSR count). The van der Waals surface area contributed by atoms with Gasteiger partial charge in [-0.25, -0.2) is 0 Å². The number of hydrogen-bond acceptors (Lipinski definition) is 3. The molecule has 0 aliphatic heterocycles. The third-order valence-corrected chi connectivity index (χ3v) is 2.13. The first kappa shape index (κ1) is 12.2. The van der Waals surface area contributed by atoms with Gasteiger partial charge in [0.2, 0.25) is 11.8 Å². The number of hydrogen-bond donors (Lipinski definition) is 3. The molecule has 1 unspecified atom stereocenters. The highest BCUT2D eigenvalue weighted by Gasteiger charge is 2.20. The topological polar surface area (TPSA) is 84.2 Å². The highest BCUT2D eigenvalue weighted by Crippen LogP contribution is 2.12. The molecule has 0 radical (unpaired) electrons. The lowest BCUT2D eigenvalue weighted by atomic mass is 10.1. The zero-order valence-electron chi connectivity index (χ0n) is 9.07. The van der Waals surface area contributed by atoms with Crippen molar-refractivity contribution in [1.82, 2.24) is 10.6 Å². The highest BCUT2D eigenvalue weighted by atomic mass is 16.2. The first-order valence-corrected chi connectivity index (χ1v) is 4.95. The molecule has 0 aliphatic rings. The van der Waals surface area contributed by atoms with Gasteiger partial charge in [0.25, 0.3) is 0 Å². The summed E-state index contributed by atoms with van der Waals surface area (Å²) < 4.78 is 0. The third kappa shape index (κ3) is 3.06. The SMILES string of the molecule is CNC(=O)C(NC(=O)CN)c1ccccc1. The van der Waals surface area contributed by atoms with Crippen molar-refractivity contribution in [3.05, 3.63) is 35.9 Å². The molecule has 0 saturated carbocycles. The molecule has 5 nitrogen and oxygen atoms in total. The van der Waals surface area contributed by atoms with E-state index in [1.807, 2.05) is 6.07 Å². The van der Waals surface area contributed by atoms with Crippen LogP contribution in [0.1, 0.15) is 11.6 Å². The minimum Gasteiger partial charge on any atom is -0.357 e. The molecule has 1 aromatic rings. The fourth-order valence-corrected chi connectivity index (χ4v) is 1.31. The Kier molecular flexibility index (Phi) is 4.47. The standard InChI is InChI=1S/C11H15N3O2/c1-13-11(16)10(14-9(15)7-12)8-5-3-2-4-6-8/h2-6,10H,7,12H2,1H3,(H,13,16)(H,14,15). The summed E-state index contributed by atoms with van der Waals surface area (Å²) in [5.41, 5.74) is 5.92. The molecule has 2 amide bonds. The maximum absolute atomic E-state index is 11.6. The fraction of sp³-hybridized carbons (Fsp3) is 0.273. The van der Waals surface area contributed by atoms with Gasteiger partial charge in [0.1, 0.15) is 6.04 Å². The predicted octanol–water partition coefficient (Wildman–Crippen LogP) is -0.451. The van der Waals surface area contributed by atoms with Crippen LogP contribution in [-0.2, 0) is 9.59 Å². The molecule has 1 atom stereocenters. The summed E-state index contributed by atoms with van der Waals surface area (Å²) in [4.78, 5) is 22.8. The Morgan fingerprint density at radius 3 is 2.44 bits per heavy atom. The Morgan fingerprint density at radius 2 is 1.94 bits per heavy atom. The van der Waals surface area contributed by atoms with E-state index >= 15 is 0 Å². The van der Waals surface area contributed by atoms with E-state index in [1.54, 1.807) is 24.3 Å². The zero-order chi connectivity index (χ0) is 12.0. The third-order valence-electron chi connectivity index (χ3n) is 2.13. The van der Waals surface area contributed by atoms with Crippen molar-refractivity contribution in [2.75, 3.05) is 13.6 Å². The van der Waals surface area contributed by atoms with Crippen molar-refractivity contribution >= 4 is 11.8 Å². The van der Waals surface area contributed by atoms with E-state index in [-0.39, 0.29) is 18.4 Å². The average Bonchev–Trinajstić information content (AvgIpc) is 2.35. The van der Waals surface area contributed by atoms with E-state index in [9.17, 15) is 9.59 Å². The van der Waals surface area contributed by atoms with E-state index in [2.05, 4.69) is 10.6 Å². The Hall–Kier alpha value is -1.88. The number of benzene rings is 1.